The molecule has 0 saturated carbocycles. The maximum absolute atomic E-state index is 12.7. The van der Waals surface area contributed by atoms with E-state index >= 15 is 0 Å². The summed E-state index contributed by atoms with van der Waals surface area (Å²) in [5, 5.41) is 6.84. The first-order chi connectivity index (χ1) is 14.2. The zero-order valence-electron chi connectivity index (χ0n) is 16.8. The van der Waals surface area contributed by atoms with Gasteiger partial charge in [0.25, 0.3) is 5.91 Å². The number of carbonyl (C=O) groups is 1. The van der Waals surface area contributed by atoms with Crippen LogP contribution in [-0.2, 0) is 6.18 Å². The van der Waals surface area contributed by atoms with E-state index in [-0.39, 0.29) is 17.4 Å². The molecule has 8 heteroatoms. The third kappa shape index (κ3) is 4.87. The van der Waals surface area contributed by atoms with Gasteiger partial charge >= 0.3 is 6.18 Å². The molecule has 1 aromatic heterocycles. The maximum Gasteiger partial charge on any atom is 0.416 e. The molecule has 0 saturated heterocycles. The first kappa shape index (κ1) is 21.5. The van der Waals surface area contributed by atoms with E-state index in [4.69, 9.17) is 4.52 Å². The Morgan fingerprint density at radius 2 is 1.87 bits per heavy atom. The topological polar surface area (TPSA) is 68.0 Å². The number of carbonyl (C=O) groups excluding carboxylic acids is 1. The monoisotopic (exact) mass is 417 g/mol. The summed E-state index contributed by atoms with van der Waals surface area (Å²) in [4.78, 5) is 17.1. The molecule has 1 N–H and O–H groups in total. The highest BCUT2D eigenvalue weighted by Crippen LogP contribution is 2.30. The molecular formula is C22H22F3N3O2. The summed E-state index contributed by atoms with van der Waals surface area (Å²) in [7, 11) is 0. The fourth-order valence-electron chi connectivity index (χ4n) is 2.98. The third-order valence-electron chi connectivity index (χ3n) is 4.96. The van der Waals surface area contributed by atoms with E-state index in [0.29, 0.717) is 5.82 Å². The maximum atomic E-state index is 12.7. The number of benzene rings is 2. The van der Waals surface area contributed by atoms with Crippen LogP contribution in [-0.4, -0.2) is 16.0 Å². The quantitative estimate of drug-likeness (QED) is 0.568. The van der Waals surface area contributed by atoms with Crippen molar-refractivity contribution >= 4 is 5.91 Å². The van der Waals surface area contributed by atoms with E-state index in [0.717, 1.165) is 41.8 Å². The molecule has 0 aliphatic rings. The van der Waals surface area contributed by atoms with Crippen molar-refractivity contribution in [3.63, 3.8) is 0 Å². The van der Waals surface area contributed by atoms with Crippen LogP contribution in [0.2, 0.25) is 0 Å². The standard InChI is InChI=1S/C22H22F3N3O2/c1-4-14(3)18(21-27-19(28-30-21)16-7-5-6-13(2)12-16)26-20(29)15-8-10-17(11-9-15)22(23,24)25/h5-12,14,18H,4H2,1-3H3,(H,26,29)/t14-,18+/m0/s1. The predicted octanol–water partition coefficient (Wildman–Crippen LogP) is 5.58. The van der Waals surface area contributed by atoms with Gasteiger partial charge in [-0.15, -0.1) is 0 Å². The number of alkyl halides is 3. The second-order valence-corrected chi connectivity index (χ2v) is 7.24. The van der Waals surface area contributed by atoms with Crippen LogP contribution in [0.5, 0.6) is 0 Å². The van der Waals surface area contributed by atoms with E-state index in [2.05, 4.69) is 15.5 Å². The second kappa shape index (κ2) is 8.69. The Morgan fingerprint density at radius 1 is 1.17 bits per heavy atom. The molecule has 2 atom stereocenters. The number of hydrogen-bond donors (Lipinski definition) is 1. The summed E-state index contributed by atoms with van der Waals surface area (Å²) in [6.45, 7) is 5.84. The first-order valence-electron chi connectivity index (χ1n) is 9.57. The largest absolute Gasteiger partial charge is 0.416 e. The lowest BCUT2D eigenvalue weighted by Crippen LogP contribution is -2.32. The summed E-state index contributed by atoms with van der Waals surface area (Å²) in [5.41, 5.74) is 1.15. The molecule has 0 unspecified atom stereocenters. The minimum Gasteiger partial charge on any atom is -0.340 e. The predicted molar refractivity (Wildman–Crippen MR) is 106 cm³/mol. The highest BCUT2D eigenvalue weighted by molar-refractivity contribution is 5.94. The van der Waals surface area contributed by atoms with Crippen LogP contribution in [0.1, 0.15) is 53.7 Å². The Morgan fingerprint density at radius 3 is 2.47 bits per heavy atom. The van der Waals surface area contributed by atoms with Gasteiger partial charge in [-0.3, -0.25) is 4.79 Å². The van der Waals surface area contributed by atoms with Crippen molar-refractivity contribution in [2.75, 3.05) is 0 Å². The molecule has 158 valence electrons. The van der Waals surface area contributed by atoms with Gasteiger partial charge in [0.1, 0.15) is 6.04 Å². The molecule has 0 fully saturated rings. The van der Waals surface area contributed by atoms with E-state index in [9.17, 15) is 18.0 Å². The zero-order valence-corrected chi connectivity index (χ0v) is 16.8. The molecule has 30 heavy (non-hydrogen) atoms. The van der Waals surface area contributed by atoms with Crippen molar-refractivity contribution in [2.45, 2.75) is 39.4 Å². The molecule has 5 nitrogen and oxygen atoms in total. The average molecular weight is 417 g/mol. The number of aromatic nitrogens is 2. The van der Waals surface area contributed by atoms with Crippen LogP contribution in [0, 0.1) is 12.8 Å². The molecule has 0 bridgehead atoms. The van der Waals surface area contributed by atoms with Gasteiger partial charge in [0, 0.05) is 11.1 Å². The molecular weight excluding hydrogens is 395 g/mol. The van der Waals surface area contributed by atoms with Crippen LogP contribution < -0.4 is 5.32 Å². The third-order valence-corrected chi connectivity index (χ3v) is 4.96. The summed E-state index contributed by atoms with van der Waals surface area (Å²) < 4.78 is 43.6. The smallest absolute Gasteiger partial charge is 0.340 e. The Kier molecular flexibility index (Phi) is 6.24. The molecule has 0 aliphatic heterocycles. The number of nitrogens with zero attached hydrogens (tertiary/aromatic N) is 2. The second-order valence-electron chi connectivity index (χ2n) is 7.24. The summed E-state index contributed by atoms with van der Waals surface area (Å²) in [5.74, 6) is 0.116. The summed E-state index contributed by atoms with van der Waals surface area (Å²) >= 11 is 0. The normalized spacial score (nSPS) is 13.7. The van der Waals surface area contributed by atoms with E-state index in [1.807, 2.05) is 45.0 Å². The Bertz CT molecular complexity index is 1010. The van der Waals surface area contributed by atoms with Crippen LogP contribution >= 0.6 is 0 Å². The Balaban J connectivity index is 1.82. The molecule has 1 amide bonds. The Hall–Kier alpha value is -3.16. The van der Waals surface area contributed by atoms with Crippen molar-refractivity contribution < 1.29 is 22.5 Å². The van der Waals surface area contributed by atoms with E-state index in [1.54, 1.807) is 0 Å². The first-order valence-corrected chi connectivity index (χ1v) is 9.57. The van der Waals surface area contributed by atoms with Crippen LogP contribution in [0.3, 0.4) is 0 Å². The van der Waals surface area contributed by atoms with Crippen molar-refractivity contribution in [1.29, 1.82) is 0 Å². The number of amides is 1. The highest BCUT2D eigenvalue weighted by Gasteiger charge is 2.31. The molecule has 1 heterocycles. The number of nitrogens with one attached hydrogen (secondary N) is 1. The summed E-state index contributed by atoms with van der Waals surface area (Å²) in [6.07, 6.45) is -3.73. The molecule has 2 aromatic carbocycles. The van der Waals surface area contributed by atoms with Crippen molar-refractivity contribution in [3.05, 3.63) is 71.1 Å². The van der Waals surface area contributed by atoms with Gasteiger partial charge < -0.3 is 9.84 Å². The van der Waals surface area contributed by atoms with Gasteiger partial charge in [0.05, 0.1) is 5.56 Å². The van der Waals surface area contributed by atoms with Gasteiger partial charge in [-0.25, -0.2) is 0 Å². The van der Waals surface area contributed by atoms with E-state index < -0.39 is 23.7 Å². The number of halogens is 3. The average Bonchev–Trinajstić information content (AvgIpc) is 3.20. The highest BCUT2D eigenvalue weighted by atomic mass is 19.4. The van der Waals surface area contributed by atoms with Gasteiger partial charge in [-0.2, -0.15) is 18.2 Å². The van der Waals surface area contributed by atoms with Gasteiger partial charge in [0.15, 0.2) is 0 Å². The lowest BCUT2D eigenvalue weighted by molar-refractivity contribution is -0.137. The molecule has 0 aliphatic carbocycles. The lowest BCUT2D eigenvalue weighted by Gasteiger charge is -2.21. The fourth-order valence-corrected chi connectivity index (χ4v) is 2.98. The summed E-state index contributed by atoms with van der Waals surface area (Å²) in [6, 6.07) is 11.1. The van der Waals surface area contributed by atoms with Crippen LogP contribution in [0.15, 0.2) is 53.1 Å². The van der Waals surface area contributed by atoms with E-state index in [1.165, 1.54) is 0 Å². The minimum absolute atomic E-state index is 0.0331. The molecule has 0 radical (unpaired) electrons. The van der Waals surface area contributed by atoms with Crippen LogP contribution in [0.25, 0.3) is 11.4 Å². The van der Waals surface area contributed by atoms with Crippen molar-refractivity contribution in [2.24, 2.45) is 5.92 Å². The van der Waals surface area contributed by atoms with Crippen molar-refractivity contribution in [3.8, 4) is 11.4 Å². The SMILES string of the molecule is CC[C@H](C)[C@@H](NC(=O)c1ccc(C(F)(F)F)cc1)c1nc(-c2cccc(C)c2)no1. The number of aryl methyl sites for hydroxylation is 1. The van der Waals surface area contributed by atoms with Gasteiger partial charge in [-0.05, 0) is 43.2 Å². The van der Waals surface area contributed by atoms with Gasteiger partial charge in [-0.1, -0.05) is 49.2 Å². The van der Waals surface area contributed by atoms with Crippen molar-refractivity contribution in [1.82, 2.24) is 15.5 Å². The zero-order chi connectivity index (χ0) is 21.9. The molecule has 0 spiro atoms. The Labute approximate surface area is 172 Å². The number of hydrogen-bond acceptors (Lipinski definition) is 4. The van der Waals surface area contributed by atoms with Crippen LogP contribution in [0.4, 0.5) is 13.2 Å². The lowest BCUT2D eigenvalue weighted by atomic mass is 9.98. The molecule has 3 rings (SSSR count). The van der Waals surface area contributed by atoms with Gasteiger partial charge in [0.2, 0.25) is 11.7 Å². The minimum atomic E-state index is -4.45. The fraction of sp³-hybridized carbons (Fsp3) is 0.318. The molecule has 3 aromatic rings. The number of rotatable bonds is 6.